The molecular weight excluding hydrogens is 622 g/mol. The Morgan fingerprint density at radius 3 is 2.47 bits per heavy atom. The van der Waals surface area contributed by atoms with E-state index in [9.17, 15) is 25.2 Å². The molecule has 1 amide bonds. The number of hydrogen-bond donors (Lipinski definition) is 5. The highest BCUT2D eigenvalue weighted by Crippen LogP contribution is 2.67. The van der Waals surface area contributed by atoms with Gasteiger partial charge in [0, 0.05) is 19.6 Å². The van der Waals surface area contributed by atoms with Gasteiger partial charge in [0.1, 0.15) is 30.0 Å². The fraction of sp³-hybridized carbons (Fsp3) is 0.925. The van der Waals surface area contributed by atoms with Crippen molar-refractivity contribution in [3.8, 4) is 0 Å². The molecule has 0 radical (unpaired) electrons. The minimum atomic E-state index is -1.47. The average molecular weight is 692 g/mol. The summed E-state index contributed by atoms with van der Waals surface area (Å²) in [6, 6.07) is 0. The SMILES string of the molecule is CC(C)CCCC(C)C1CCC2C3CC=C4CC(OC(=O)NCCCCCOC5OC(C)(CO)[C@@H](O)C(O)C5O)CC[C@]4(C)C3CC[C@]12C. The number of aliphatic hydroxyl groups excluding tert-OH is 4. The Bertz CT molecular complexity index is 1130. The van der Waals surface area contributed by atoms with Gasteiger partial charge >= 0.3 is 6.09 Å². The molecule has 4 fully saturated rings. The monoisotopic (exact) mass is 692 g/mol. The summed E-state index contributed by atoms with van der Waals surface area (Å²) < 4.78 is 17.1. The number of carbonyl (C=O) groups is 1. The first-order chi connectivity index (χ1) is 23.2. The summed E-state index contributed by atoms with van der Waals surface area (Å²) in [6.07, 6.45) is 12.6. The van der Waals surface area contributed by atoms with Gasteiger partial charge in [0.2, 0.25) is 0 Å². The third kappa shape index (κ3) is 8.22. The molecule has 282 valence electrons. The van der Waals surface area contributed by atoms with Gasteiger partial charge in [-0.1, -0.05) is 65.5 Å². The van der Waals surface area contributed by atoms with Crippen molar-refractivity contribution in [1.82, 2.24) is 5.32 Å². The van der Waals surface area contributed by atoms with Crippen LogP contribution in [0.5, 0.6) is 0 Å². The third-order valence-electron chi connectivity index (χ3n) is 14.2. The van der Waals surface area contributed by atoms with Crippen molar-refractivity contribution in [2.45, 2.75) is 168 Å². The summed E-state index contributed by atoms with van der Waals surface area (Å²) in [5.41, 5.74) is 0.848. The first-order valence-electron chi connectivity index (χ1n) is 19.8. The summed E-state index contributed by atoms with van der Waals surface area (Å²) in [5.74, 6) is 4.91. The molecule has 0 bridgehead atoms. The van der Waals surface area contributed by atoms with Crippen molar-refractivity contribution in [3.05, 3.63) is 11.6 Å². The zero-order valence-electron chi connectivity index (χ0n) is 31.4. The highest BCUT2D eigenvalue weighted by molar-refractivity contribution is 5.67. The number of allylic oxidation sites excluding steroid dienone is 1. The Morgan fingerprint density at radius 2 is 1.73 bits per heavy atom. The Labute approximate surface area is 295 Å². The van der Waals surface area contributed by atoms with Crippen molar-refractivity contribution in [1.29, 1.82) is 0 Å². The second kappa shape index (κ2) is 16.2. The third-order valence-corrected chi connectivity index (χ3v) is 14.2. The number of hydrogen-bond acceptors (Lipinski definition) is 8. The lowest BCUT2D eigenvalue weighted by atomic mass is 9.47. The fourth-order valence-electron chi connectivity index (χ4n) is 11.1. The normalized spacial score (nSPS) is 42.5. The number of amides is 1. The highest BCUT2D eigenvalue weighted by Gasteiger charge is 2.59. The van der Waals surface area contributed by atoms with Gasteiger partial charge in [0.25, 0.3) is 0 Å². The molecule has 0 spiro atoms. The van der Waals surface area contributed by atoms with Crippen LogP contribution in [-0.2, 0) is 14.2 Å². The van der Waals surface area contributed by atoms with Gasteiger partial charge in [-0.05, 0) is 117 Å². The number of alkyl carbamates (subject to hydrolysis) is 1. The first kappa shape index (κ1) is 39.0. The number of carbonyl (C=O) groups excluding carboxylic acids is 1. The molecule has 1 saturated heterocycles. The van der Waals surface area contributed by atoms with E-state index in [1.165, 1.54) is 63.9 Å². The van der Waals surface area contributed by atoms with Gasteiger partial charge in [0.15, 0.2) is 6.29 Å². The molecule has 10 unspecified atom stereocenters. The zero-order chi connectivity index (χ0) is 35.6. The lowest BCUT2D eigenvalue weighted by Crippen LogP contribution is -2.65. The molecule has 0 aromatic rings. The smallest absolute Gasteiger partial charge is 0.407 e. The Kier molecular flexibility index (Phi) is 12.9. The van der Waals surface area contributed by atoms with Crippen LogP contribution >= 0.6 is 0 Å². The van der Waals surface area contributed by atoms with Crippen LogP contribution in [0.25, 0.3) is 0 Å². The van der Waals surface area contributed by atoms with Crippen LogP contribution in [0.15, 0.2) is 11.6 Å². The summed E-state index contributed by atoms with van der Waals surface area (Å²) in [6.45, 7) is 14.2. The predicted octanol–water partition coefficient (Wildman–Crippen LogP) is 6.50. The molecule has 0 aromatic carbocycles. The predicted molar refractivity (Wildman–Crippen MR) is 190 cm³/mol. The van der Waals surface area contributed by atoms with E-state index in [2.05, 4.69) is 46.0 Å². The maximum Gasteiger partial charge on any atom is 0.407 e. The van der Waals surface area contributed by atoms with Crippen LogP contribution in [0.3, 0.4) is 0 Å². The highest BCUT2D eigenvalue weighted by atomic mass is 16.7. The van der Waals surface area contributed by atoms with E-state index in [4.69, 9.17) is 14.2 Å². The molecular formula is C40H69NO8. The largest absolute Gasteiger partial charge is 0.446 e. The molecule has 9 nitrogen and oxygen atoms in total. The summed E-state index contributed by atoms with van der Waals surface area (Å²) >= 11 is 0. The van der Waals surface area contributed by atoms with Crippen LogP contribution in [0.4, 0.5) is 4.79 Å². The topological polar surface area (TPSA) is 138 Å². The van der Waals surface area contributed by atoms with Crippen LogP contribution < -0.4 is 5.32 Å². The second-order valence-electron chi connectivity index (χ2n) is 17.8. The maximum absolute atomic E-state index is 12.7. The van der Waals surface area contributed by atoms with E-state index in [0.717, 1.165) is 67.6 Å². The number of unbranched alkanes of at least 4 members (excludes halogenated alkanes) is 2. The summed E-state index contributed by atoms with van der Waals surface area (Å²) in [4.78, 5) is 12.7. The lowest BCUT2D eigenvalue weighted by Gasteiger charge is -2.58. The van der Waals surface area contributed by atoms with Crippen molar-refractivity contribution < 1.29 is 39.4 Å². The van der Waals surface area contributed by atoms with Crippen LogP contribution in [0, 0.1) is 46.3 Å². The first-order valence-corrected chi connectivity index (χ1v) is 19.8. The molecule has 9 heteroatoms. The molecule has 5 N–H and O–H groups in total. The van der Waals surface area contributed by atoms with Gasteiger partial charge in [-0.15, -0.1) is 0 Å². The van der Waals surface area contributed by atoms with Crippen LogP contribution in [-0.4, -0.2) is 82.6 Å². The van der Waals surface area contributed by atoms with Crippen molar-refractivity contribution in [2.24, 2.45) is 46.3 Å². The Morgan fingerprint density at radius 1 is 0.959 bits per heavy atom. The molecule has 5 aliphatic rings. The molecule has 5 rings (SSSR count). The lowest BCUT2D eigenvalue weighted by molar-refractivity contribution is -0.333. The molecule has 4 aliphatic carbocycles. The molecule has 0 aromatic heterocycles. The van der Waals surface area contributed by atoms with Gasteiger partial charge in [-0.2, -0.15) is 0 Å². The van der Waals surface area contributed by atoms with E-state index < -0.39 is 36.8 Å². The summed E-state index contributed by atoms with van der Waals surface area (Å²) in [7, 11) is 0. The number of nitrogens with one attached hydrogen (secondary N) is 1. The zero-order valence-corrected chi connectivity index (χ0v) is 31.4. The number of ether oxygens (including phenoxy) is 3. The molecule has 49 heavy (non-hydrogen) atoms. The number of rotatable bonds is 14. The molecule has 13 atom stereocenters. The Balaban J connectivity index is 1.02. The van der Waals surface area contributed by atoms with Crippen LogP contribution in [0.2, 0.25) is 0 Å². The van der Waals surface area contributed by atoms with Gasteiger partial charge in [0.05, 0.1) is 6.61 Å². The summed E-state index contributed by atoms with van der Waals surface area (Å²) in [5, 5.41) is 42.9. The standard InChI is InChI=1S/C40H69NO8/c1-25(2)11-10-12-26(3)30-15-16-31-29-14-13-27-23-28(17-19-38(27,4)32(29)18-20-39(30,31)5)48-37(46)41-21-8-7-9-22-47-36-34(44)33(43)35(45)40(6,24-42)49-36/h13,25-26,28-36,42-45H,7-12,14-24H2,1-6H3,(H,41,46)/t26?,28?,29?,30?,31?,32?,33?,34?,35-,36?,38-,39+,40?/m0/s1. The van der Waals surface area contributed by atoms with Crippen LogP contribution in [0.1, 0.15) is 131 Å². The second-order valence-corrected chi connectivity index (χ2v) is 17.8. The number of aliphatic hydroxyl groups is 4. The quantitative estimate of drug-likeness (QED) is 0.103. The average Bonchev–Trinajstić information content (AvgIpc) is 3.43. The molecule has 3 saturated carbocycles. The minimum Gasteiger partial charge on any atom is -0.446 e. The van der Waals surface area contributed by atoms with E-state index >= 15 is 0 Å². The van der Waals surface area contributed by atoms with E-state index in [0.29, 0.717) is 18.4 Å². The number of fused-ring (bicyclic) bond motifs is 5. The van der Waals surface area contributed by atoms with E-state index in [1.54, 1.807) is 0 Å². The van der Waals surface area contributed by atoms with E-state index in [1.807, 2.05) is 0 Å². The molecule has 1 heterocycles. The minimum absolute atomic E-state index is 0.0684. The fourth-order valence-corrected chi connectivity index (χ4v) is 11.1. The van der Waals surface area contributed by atoms with Crippen molar-refractivity contribution >= 4 is 6.09 Å². The Hall–Kier alpha value is -1.23. The van der Waals surface area contributed by atoms with Crippen molar-refractivity contribution in [2.75, 3.05) is 19.8 Å². The van der Waals surface area contributed by atoms with Gasteiger partial charge in [-0.3, -0.25) is 0 Å². The maximum atomic E-state index is 12.7. The van der Waals surface area contributed by atoms with E-state index in [-0.39, 0.29) is 24.2 Å². The molecule has 1 aliphatic heterocycles. The van der Waals surface area contributed by atoms with Gasteiger partial charge < -0.3 is 40.0 Å². The van der Waals surface area contributed by atoms with Gasteiger partial charge in [-0.25, -0.2) is 4.79 Å². The van der Waals surface area contributed by atoms with Crippen molar-refractivity contribution in [3.63, 3.8) is 0 Å².